The molecule has 0 atom stereocenters. The van der Waals surface area contributed by atoms with Crippen molar-refractivity contribution in [2.75, 3.05) is 0 Å². The quantitative estimate of drug-likeness (QED) is 0.710. The molecule has 0 unspecified atom stereocenters. The number of fused-ring (bicyclic) bond motifs is 1. The summed E-state index contributed by atoms with van der Waals surface area (Å²) < 4.78 is 15.7. The van der Waals surface area contributed by atoms with Crippen LogP contribution in [0.1, 0.15) is 18.3 Å². The van der Waals surface area contributed by atoms with Gasteiger partial charge in [-0.05, 0) is 24.3 Å². The zero-order valence-corrected chi connectivity index (χ0v) is 11.0. The minimum Gasteiger partial charge on any atom is -0.295 e. The third-order valence-electron chi connectivity index (χ3n) is 3.28. The van der Waals surface area contributed by atoms with E-state index in [9.17, 15) is 9.65 Å². The Labute approximate surface area is 115 Å². The topological polar surface area (TPSA) is 41.6 Å². The summed E-state index contributed by atoms with van der Waals surface area (Å²) in [6.07, 6.45) is 0.704. The Morgan fingerprint density at radius 1 is 1.20 bits per heavy atom. The third kappa shape index (κ3) is 1.76. The van der Waals surface area contributed by atoms with Crippen LogP contribution in [0.4, 0.5) is 4.39 Å². The molecule has 1 heterocycles. The predicted molar refractivity (Wildman–Crippen MR) is 75.1 cm³/mol. The lowest BCUT2D eigenvalue weighted by Crippen LogP contribution is -2.01. The minimum atomic E-state index is -0.514. The molecule has 0 saturated carbocycles. The lowest BCUT2D eigenvalue weighted by Gasteiger charge is -2.08. The van der Waals surface area contributed by atoms with Crippen molar-refractivity contribution in [3.63, 3.8) is 0 Å². The van der Waals surface area contributed by atoms with Gasteiger partial charge in [0.05, 0.1) is 11.0 Å². The van der Waals surface area contributed by atoms with Gasteiger partial charge < -0.3 is 0 Å². The molecule has 3 aromatic rings. The van der Waals surface area contributed by atoms with Crippen molar-refractivity contribution in [2.45, 2.75) is 13.3 Å². The lowest BCUT2D eigenvalue weighted by molar-refractivity contribution is 0.625. The SMILES string of the molecule is CCc1nc2ccc(F)c(C#N)c2n1-c1ccccc1. The molecule has 0 fully saturated rings. The van der Waals surface area contributed by atoms with Gasteiger partial charge in [0.2, 0.25) is 0 Å². The molecule has 0 bridgehead atoms. The van der Waals surface area contributed by atoms with Gasteiger partial charge in [0.25, 0.3) is 0 Å². The number of para-hydroxylation sites is 1. The highest BCUT2D eigenvalue weighted by Crippen LogP contribution is 2.26. The summed E-state index contributed by atoms with van der Waals surface area (Å²) in [7, 11) is 0. The fourth-order valence-electron chi connectivity index (χ4n) is 2.39. The van der Waals surface area contributed by atoms with Crippen LogP contribution >= 0.6 is 0 Å². The second kappa shape index (κ2) is 4.78. The van der Waals surface area contributed by atoms with Gasteiger partial charge in [-0.2, -0.15) is 5.26 Å². The van der Waals surface area contributed by atoms with E-state index < -0.39 is 5.82 Å². The first-order valence-corrected chi connectivity index (χ1v) is 6.41. The molecule has 3 nitrogen and oxygen atoms in total. The van der Waals surface area contributed by atoms with Gasteiger partial charge in [0.15, 0.2) is 0 Å². The molecule has 2 aromatic carbocycles. The van der Waals surface area contributed by atoms with E-state index in [0.29, 0.717) is 17.5 Å². The number of aryl methyl sites for hydroxylation is 1. The van der Waals surface area contributed by atoms with Crippen molar-refractivity contribution in [3.05, 3.63) is 59.7 Å². The zero-order valence-electron chi connectivity index (χ0n) is 11.0. The fraction of sp³-hybridized carbons (Fsp3) is 0.125. The fourth-order valence-corrected chi connectivity index (χ4v) is 2.39. The first-order valence-electron chi connectivity index (χ1n) is 6.41. The van der Waals surface area contributed by atoms with Gasteiger partial charge in [-0.25, -0.2) is 9.37 Å². The maximum absolute atomic E-state index is 13.9. The summed E-state index contributed by atoms with van der Waals surface area (Å²) in [5.41, 5.74) is 2.10. The Kier molecular flexibility index (Phi) is 2.96. The van der Waals surface area contributed by atoms with E-state index in [2.05, 4.69) is 4.98 Å². The Hall–Kier alpha value is -2.67. The van der Waals surface area contributed by atoms with Crippen molar-refractivity contribution in [3.8, 4) is 11.8 Å². The average molecular weight is 265 g/mol. The number of imidazole rings is 1. The highest BCUT2D eigenvalue weighted by Gasteiger charge is 2.17. The zero-order chi connectivity index (χ0) is 14.1. The number of rotatable bonds is 2. The molecule has 0 radical (unpaired) electrons. The minimum absolute atomic E-state index is 0.0403. The van der Waals surface area contributed by atoms with Gasteiger partial charge in [0.1, 0.15) is 23.3 Å². The van der Waals surface area contributed by atoms with E-state index in [1.54, 1.807) is 6.07 Å². The van der Waals surface area contributed by atoms with E-state index in [1.807, 2.05) is 47.9 Å². The number of aromatic nitrogens is 2. The summed E-state index contributed by atoms with van der Waals surface area (Å²) in [6, 6.07) is 14.4. The molecule has 0 amide bonds. The smallest absolute Gasteiger partial charge is 0.143 e. The molecule has 0 spiro atoms. The van der Waals surface area contributed by atoms with E-state index >= 15 is 0 Å². The molecular formula is C16H12FN3. The summed E-state index contributed by atoms with van der Waals surface area (Å²) in [5.74, 6) is 0.299. The lowest BCUT2D eigenvalue weighted by atomic mass is 10.2. The highest BCUT2D eigenvalue weighted by molar-refractivity contribution is 5.84. The summed E-state index contributed by atoms with van der Waals surface area (Å²) >= 11 is 0. The average Bonchev–Trinajstić information content (AvgIpc) is 2.86. The van der Waals surface area contributed by atoms with Gasteiger partial charge in [-0.15, -0.1) is 0 Å². The summed E-state index contributed by atoms with van der Waals surface area (Å²) in [6.45, 7) is 1.99. The van der Waals surface area contributed by atoms with Crippen molar-refractivity contribution in [1.82, 2.24) is 9.55 Å². The first-order chi connectivity index (χ1) is 9.76. The standard InChI is InChI=1S/C16H12FN3/c1-2-15-19-14-9-8-13(17)12(10-18)16(14)20(15)11-6-4-3-5-7-11/h3-9H,2H2,1H3. The molecular weight excluding hydrogens is 253 g/mol. The van der Waals surface area contributed by atoms with Crippen molar-refractivity contribution in [1.29, 1.82) is 5.26 Å². The van der Waals surface area contributed by atoms with Crippen LogP contribution in [0.25, 0.3) is 16.7 Å². The van der Waals surface area contributed by atoms with E-state index in [0.717, 1.165) is 11.5 Å². The molecule has 0 saturated heterocycles. The maximum Gasteiger partial charge on any atom is 0.143 e. The molecule has 98 valence electrons. The van der Waals surface area contributed by atoms with Crippen molar-refractivity contribution < 1.29 is 4.39 Å². The van der Waals surface area contributed by atoms with Crippen LogP contribution in [-0.2, 0) is 6.42 Å². The Morgan fingerprint density at radius 2 is 1.95 bits per heavy atom. The predicted octanol–water partition coefficient (Wildman–Crippen LogP) is 3.60. The van der Waals surface area contributed by atoms with Gasteiger partial charge >= 0.3 is 0 Å². The molecule has 0 aliphatic carbocycles. The molecule has 3 rings (SSSR count). The molecule has 4 heteroatoms. The second-order valence-corrected chi connectivity index (χ2v) is 4.45. The Balaban J connectivity index is 2.46. The molecule has 0 aliphatic rings. The van der Waals surface area contributed by atoms with Crippen LogP contribution in [0.5, 0.6) is 0 Å². The van der Waals surface area contributed by atoms with Crippen LogP contribution in [0.15, 0.2) is 42.5 Å². The second-order valence-electron chi connectivity index (χ2n) is 4.45. The van der Waals surface area contributed by atoms with Crippen LogP contribution in [0.3, 0.4) is 0 Å². The number of hydrogen-bond donors (Lipinski definition) is 0. The van der Waals surface area contributed by atoms with Gasteiger partial charge in [-0.1, -0.05) is 25.1 Å². The van der Waals surface area contributed by atoms with E-state index in [4.69, 9.17) is 0 Å². The maximum atomic E-state index is 13.9. The largest absolute Gasteiger partial charge is 0.295 e. The first kappa shape index (κ1) is 12.4. The number of benzene rings is 2. The van der Waals surface area contributed by atoms with Crippen LogP contribution in [0, 0.1) is 17.1 Å². The van der Waals surface area contributed by atoms with Gasteiger partial charge in [-0.3, -0.25) is 4.57 Å². The van der Waals surface area contributed by atoms with Crippen molar-refractivity contribution in [2.24, 2.45) is 0 Å². The normalized spacial score (nSPS) is 10.7. The van der Waals surface area contributed by atoms with Crippen LogP contribution in [0.2, 0.25) is 0 Å². The molecule has 0 N–H and O–H groups in total. The van der Waals surface area contributed by atoms with E-state index in [-0.39, 0.29) is 5.56 Å². The Bertz CT molecular complexity index is 813. The van der Waals surface area contributed by atoms with Crippen LogP contribution < -0.4 is 0 Å². The van der Waals surface area contributed by atoms with Crippen molar-refractivity contribution >= 4 is 11.0 Å². The highest BCUT2D eigenvalue weighted by atomic mass is 19.1. The summed E-state index contributed by atoms with van der Waals surface area (Å²) in [4.78, 5) is 4.50. The summed E-state index contributed by atoms with van der Waals surface area (Å²) in [5, 5.41) is 9.24. The third-order valence-corrected chi connectivity index (χ3v) is 3.28. The molecule has 20 heavy (non-hydrogen) atoms. The Morgan fingerprint density at radius 3 is 2.60 bits per heavy atom. The number of halogens is 1. The molecule has 0 aliphatic heterocycles. The number of nitrogens with zero attached hydrogens (tertiary/aromatic N) is 3. The molecule has 1 aromatic heterocycles. The monoisotopic (exact) mass is 265 g/mol. The number of nitriles is 1. The number of hydrogen-bond acceptors (Lipinski definition) is 2. The van der Waals surface area contributed by atoms with Crippen LogP contribution in [-0.4, -0.2) is 9.55 Å². The van der Waals surface area contributed by atoms with E-state index in [1.165, 1.54) is 6.07 Å². The van der Waals surface area contributed by atoms with Gasteiger partial charge in [0, 0.05) is 12.1 Å².